The number of aromatic nitrogens is 2. The van der Waals surface area contributed by atoms with Crippen molar-refractivity contribution in [1.82, 2.24) is 9.97 Å². The van der Waals surface area contributed by atoms with Gasteiger partial charge in [-0.25, -0.2) is 4.98 Å². The molecule has 1 heterocycles. The van der Waals surface area contributed by atoms with E-state index in [9.17, 15) is 0 Å². The average Bonchev–Trinajstić information content (AvgIpc) is 2.56. The zero-order valence-corrected chi connectivity index (χ0v) is 13.5. The smallest absolute Gasteiger partial charge is 0.229 e. The van der Waals surface area contributed by atoms with Crippen LogP contribution in [0.2, 0.25) is 5.02 Å². The summed E-state index contributed by atoms with van der Waals surface area (Å²) in [6.07, 6.45) is 1.73. The second-order valence-electron chi connectivity index (χ2n) is 5.24. The number of hydrogen-bond donors (Lipinski definition) is 2. The topological polar surface area (TPSA) is 49.8 Å². The van der Waals surface area contributed by atoms with Gasteiger partial charge in [0, 0.05) is 23.5 Å². The molecule has 0 aliphatic carbocycles. The van der Waals surface area contributed by atoms with Gasteiger partial charge in [0.1, 0.15) is 5.82 Å². The average molecular weight is 325 g/mol. The Labute approximate surface area is 140 Å². The number of hydrogen-bond acceptors (Lipinski definition) is 4. The van der Waals surface area contributed by atoms with Crippen LogP contribution in [0.1, 0.15) is 11.1 Å². The molecule has 0 saturated carbocycles. The number of nitrogens with one attached hydrogen (secondary N) is 2. The summed E-state index contributed by atoms with van der Waals surface area (Å²) in [5.74, 6) is 1.32. The Morgan fingerprint density at radius 1 is 1.04 bits per heavy atom. The lowest BCUT2D eigenvalue weighted by Gasteiger charge is -2.09. The lowest BCUT2D eigenvalue weighted by Crippen LogP contribution is -2.04. The molecule has 0 bridgehead atoms. The van der Waals surface area contributed by atoms with Gasteiger partial charge in [-0.15, -0.1) is 0 Å². The summed E-state index contributed by atoms with van der Waals surface area (Å²) < 4.78 is 0. The molecule has 0 fully saturated rings. The molecule has 116 valence electrons. The van der Waals surface area contributed by atoms with E-state index in [4.69, 9.17) is 11.6 Å². The minimum atomic E-state index is 0.543. The Bertz CT molecular complexity index is 787. The minimum absolute atomic E-state index is 0.543. The molecular formula is C18H17ClN4. The standard InChI is InChI=1S/C18H17ClN4/c1-13-3-2-4-14(11-13)12-21-17-9-10-20-18(23-17)22-16-7-5-15(19)6-8-16/h2-11H,12H2,1H3,(H2,20,21,22,23). The summed E-state index contributed by atoms with van der Waals surface area (Å²) in [5.41, 5.74) is 3.36. The van der Waals surface area contributed by atoms with Crippen molar-refractivity contribution in [2.24, 2.45) is 0 Å². The molecule has 0 amide bonds. The minimum Gasteiger partial charge on any atom is -0.366 e. The third-order valence-corrected chi connectivity index (χ3v) is 3.56. The van der Waals surface area contributed by atoms with Crippen molar-refractivity contribution in [1.29, 1.82) is 0 Å². The maximum absolute atomic E-state index is 5.88. The zero-order chi connectivity index (χ0) is 16.1. The van der Waals surface area contributed by atoms with Gasteiger partial charge < -0.3 is 10.6 Å². The summed E-state index contributed by atoms with van der Waals surface area (Å²) in [6.45, 7) is 2.81. The maximum Gasteiger partial charge on any atom is 0.229 e. The molecule has 0 aliphatic heterocycles. The highest BCUT2D eigenvalue weighted by Crippen LogP contribution is 2.17. The highest BCUT2D eigenvalue weighted by atomic mass is 35.5. The number of nitrogens with zero attached hydrogens (tertiary/aromatic N) is 2. The highest BCUT2D eigenvalue weighted by Gasteiger charge is 2.01. The molecule has 0 unspecified atom stereocenters. The fourth-order valence-corrected chi connectivity index (χ4v) is 2.32. The van der Waals surface area contributed by atoms with Gasteiger partial charge in [-0.05, 0) is 42.8 Å². The molecule has 3 aromatic rings. The van der Waals surface area contributed by atoms with Gasteiger partial charge in [-0.2, -0.15) is 4.98 Å². The van der Waals surface area contributed by atoms with Crippen LogP contribution in [-0.2, 0) is 6.54 Å². The Morgan fingerprint density at radius 3 is 2.65 bits per heavy atom. The number of halogens is 1. The van der Waals surface area contributed by atoms with Crippen molar-refractivity contribution >= 4 is 29.1 Å². The zero-order valence-electron chi connectivity index (χ0n) is 12.8. The summed E-state index contributed by atoms with van der Waals surface area (Å²) in [6, 6.07) is 17.7. The van der Waals surface area contributed by atoms with Crippen LogP contribution in [0.25, 0.3) is 0 Å². The van der Waals surface area contributed by atoms with Crippen LogP contribution < -0.4 is 10.6 Å². The predicted octanol–water partition coefficient (Wildman–Crippen LogP) is 4.79. The van der Waals surface area contributed by atoms with E-state index < -0.39 is 0 Å². The van der Waals surface area contributed by atoms with Crippen molar-refractivity contribution in [3.05, 3.63) is 76.9 Å². The van der Waals surface area contributed by atoms with E-state index in [1.165, 1.54) is 11.1 Å². The van der Waals surface area contributed by atoms with E-state index in [1.54, 1.807) is 6.20 Å². The molecule has 0 radical (unpaired) electrons. The van der Waals surface area contributed by atoms with E-state index in [2.05, 4.69) is 51.8 Å². The molecule has 5 heteroatoms. The van der Waals surface area contributed by atoms with Crippen LogP contribution in [-0.4, -0.2) is 9.97 Å². The van der Waals surface area contributed by atoms with Crippen LogP contribution in [0.4, 0.5) is 17.5 Å². The fraction of sp³-hybridized carbons (Fsp3) is 0.111. The van der Waals surface area contributed by atoms with E-state index in [0.717, 1.165) is 18.1 Å². The van der Waals surface area contributed by atoms with Gasteiger partial charge in [-0.3, -0.25) is 0 Å². The molecule has 0 atom stereocenters. The quantitative estimate of drug-likeness (QED) is 0.708. The Kier molecular flexibility index (Phi) is 4.74. The molecule has 0 saturated heterocycles. The first-order chi connectivity index (χ1) is 11.2. The maximum atomic E-state index is 5.88. The SMILES string of the molecule is Cc1cccc(CNc2ccnc(Nc3ccc(Cl)cc3)n2)c1. The number of benzene rings is 2. The van der Waals surface area contributed by atoms with Crippen LogP contribution >= 0.6 is 11.6 Å². The molecular weight excluding hydrogens is 308 g/mol. The molecule has 23 heavy (non-hydrogen) atoms. The second kappa shape index (κ2) is 7.11. The summed E-state index contributed by atoms with van der Waals surface area (Å²) in [4.78, 5) is 8.69. The second-order valence-corrected chi connectivity index (χ2v) is 5.68. The monoisotopic (exact) mass is 324 g/mol. The summed E-state index contributed by atoms with van der Waals surface area (Å²) in [5, 5.41) is 7.17. The highest BCUT2D eigenvalue weighted by molar-refractivity contribution is 6.30. The van der Waals surface area contributed by atoms with Crippen molar-refractivity contribution in [3.63, 3.8) is 0 Å². The number of rotatable bonds is 5. The molecule has 0 spiro atoms. The van der Waals surface area contributed by atoms with E-state index >= 15 is 0 Å². The van der Waals surface area contributed by atoms with Gasteiger partial charge in [0.15, 0.2) is 0 Å². The van der Waals surface area contributed by atoms with Gasteiger partial charge in [-0.1, -0.05) is 41.4 Å². The Balaban J connectivity index is 1.66. The normalized spacial score (nSPS) is 10.3. The fourth-order valence-electron chi connectivity index (χ4n) is 2.19. The van der Waals surface area contributed by atoms with Gasteiger partial charge >= 0.3 is 0 Å². The molecule has 2 aromatic carbocycles. The molecule has 2 N–H and O–H groups in total. The predicted molar refractivity (Wildman–Crippen MR) is 95.3 cm³/mol. The van der Waals surface area contributed by atoms with Crippen LogP contribution in [0.5, 0.6) is 0 Å². The first kappa shape index (κ1) is 15.3. The summed E-state index contributed by atoms with van der Waals surface area (Å²) >= 11 is 5.88. The van der Waals surface area contributed by atoms with Gasteiger partial charge in [0.05, 0.1) is 0 Å². The van der Waals surface area contributed by atoms with Crippen molar-refractivity contribution < 1.29 is 0 Å². The van der Waals surface area contributed by atoms with Crippen molar-refractivity contribution in [3.8, 4) is 0 Å². The lowest BCUT2D eigenvalue weighted by atomic mass is 10.1. The molecule has 0 aliphatic rings. The van der Waals surface area contributed by atoms with Crippen molar-refractivity contribution in [2.75, 3.05) is 10.6 Å². The first-order valence-electron chi connectivity index (χ1n) is 7.34. The number of anilines is 3. The van der Waals surface area contributed by atoms with Crippen LogP contribution in [0.15, 0.2) is 60.8 Å². The Hall–Kier alpha value is -2.59. The van der Waals surface area contributed by atoms with Crippen LogP contribution in [0.3, 0.4) is 0 Å². The van der Waals surface area contributed by atoms with E-state index in [1.807, 2.05) is 30.3 Å². The third-order valence-electron chi connectivity index (χ3n) is 3.31. The van der Waals surface area contributed by atoms with Gasteiger partial charge in [0.2, 0.25) is 5.95 Å². The van der Waals surface area contributed by atoms with E-state index in [0.29, 0.717) is 11.0 Å². The molecule has 3 rings (SSSR count). The van der Waals surface area contributed by atoms with Crippen LogP contribution in [0, 0.1) is 6.92 Å². The molecule has 1 aromatic heterocycles. The Morgan fingerprint density at radius 2 is 1.87 bits per heavy atom. The number of aryl methyl sites for hydroxylation is 1. The lowest BCUT2D eigenvalue weighted by molar-refractivity contribution is 1.08. The van der Waals surface area contributed by atoms with Gasteiger partial charge in [0.25, 0.3) is 0 Å². The first-order valence-corrected chi connectivity index (χ1v) is 7.72. The van der Waals surface area contributed by atoms with Crippen molar-refractivity contribution in [2.45, 2.75) is 13.5 Å². The largest absolute Gasteiger partial charge is 0.366 e. The summed E-state index contributed by atoms with van der Waals surface area (Å²) in [7, 11) is 0. The van der Waals surface area contributed by atoms with E-state index in [-0.39, 0.29) is 0 Å². The third kappa shape index (κ3) is 4.44. The molecule has 4 nitrogen and oxygen atoms in total.